The summed E-state index contributed by atoms with van der Waals surface area (Å²) in [5.74, 6) is -2.92. The number of esters is 1. The predicted molar refractivity (Wildman–Crippen MR) is 152 cm³/mol. The van der Waals surface area contributed by atoms with Gasteiger partial charge in [-0.15, -0.1) is 0 Å². The number of Topliss-reactive ketones (excluding diaryl/α,β-unsaturated/α-hetero) is 1. The van der Waals surface area contributed by atoms with Gasteiger partial charge >= 0.3 is 5.97 Å². The van der Waals surface area contributed by atoms with Crippen LogP contribution in [0.15, 0.2) is 65.8 Å². The number of carbonyl (C=O) groups excluding carboxylic acids is 3. The number of aliphatic hydroxyl groups is 2. The molecule has 7 nitrogen and oxygen atoms in total. The Hall–Kier alpha value is -2.30. The summed E-state index contributed by atoms with van der Waals surface area (Å²) < 4.78 is 6.42. The molecule has 0 radical (unpaired) electrons. The summed E-state index contributed by atoms with van der Waals surface area (Å²) in [6.45, 7) is 6.37. The van der Waals surface area contributed by atoms with E-state index in [-0.39, 0.29) is 17.7 Å². The molecule has 38 heavy (non-hydrogen) atoms. The van der Waals surface area contributed by atoms with Gasteiger partial charge in [0.05, 0.1) is 6.10 Å². The minimum atomic E-state index is -1.82. The van der Waals surface area contributed by atoms with Gasteiger partial charge in [-0.1, -0.05) is 77.6 Å². The van der Waals surface area contributed by atoms with Gasteiger partial charge in [0, 0.05) is 35.1 Å². The zero-order chi connectivity index (χ0) is 27.8. The molecule has 2 aliphatic carbocycles. The van der Waals surface area contributed by atoms with Crippen molar-refractivity contribution in [3.05, 3.63) is 71.3 Å². The Labute approximate surface area is 237 Å². The number of hydrogen-bond acceptors (Lipinski definition) is 6. The van der Waals surface area contributed by atoms with Gasteiger partial charge in [-0.2, -0.15) is 0 Å². The summed E-state index contributed by atoms with van der Waals surface area (Å²) in [6.07, 6.45) is 5.21. The lowest BCUT2D eigenvalue weighted by Crippen LogP contribution is -2.58. The first-order valence-electron chi connectivity index (χ1n) is 13.0. The molecule has 0 bridgehead atoms. The Morgan fingerprint density at radius 2 is 1.89 bits per heavy atom. The van der Waals surface area contributed by atoms with Gasteiger partial charge in [0.1, 0.15) is 17.1 Å². The highest BCUT2D eigenvalue weighted by Crippen LogP contribution is 2.57. The monoisotopic (exact) mass is 633 g/mol. The molecule has 3 N–H and O–H groups in total. The van der Waals surface area contributed by atoms with Gasteiger partial charge in [0.15, 0.2) is 5.78 Å². The number of rotatable bonds is 4. The zero-order valence-electron chi connectivity index (χ0n) is 22.2. The lowest BCUT2D eigenvalue weighted by molar-refractivity contribution is -0.161. The van der Waals surface area contributed by atoms with Crippen LogP contribution in [0.25, 0.3) is 0 Å². The van der Waals surface area contributed by atoms with Crippen LogP contribution < -0.4 is 5.32 Å². The number of aliphatic hydroxyl groups excluding tert-OH is 1. The Bertz CT molecular complexity index is 1190. The lowest BCUT2D eigenvalue weighted by atomic mass is 9.54. The van der Waals surface area contributed by atoms with Crippen molar-refractivity contribution < 1.29 is 29.3 Å². The molecule has 1 aromatic carbocycles. The van der Waals surface area contributed by atoms with Crippen LogP contribution in [-0.2, 0) is 25.5 Å². The van der Waals surface area contributed by atoms with Gasteiger partial charge in [-0.05, 0) is 50.0 Å². The first kappa shape index (κ1) is 28.7. The quantitative estimate of drug-likeness (QED) is 0.203. The van der Waals surface area contributed by atoms with E-state index in [0.29, 0.717) is 17.3 Å². The number of allylic oxidation sites excluding steroid dienone is 1. The number of benzene rings is 1. The Morgan fingerprint density at radius 3 is 2.53 bits per heavy atom. The molecule has 1 aliphatic heterocycles. The fourth-order valence-corrected chi connectivity index (χ4v) is 7.68. The van der Waals surface area contributed by atoms with Crippen molar-refractivity contribution >= 4 is 40.3 Å². The first-order chi connectivity index (χ1) is 17.9. The van der Waals surface area contributed by atoms with Crippen LogP contribution in [0.3, 0.4) is 0 Å². The topological polar surface area (TPSA) is 113 Å². The van der Waals surface area contributed by atoms with Crippen LogP contribution >= 0.6 is 22.6 Å². The molecule has 1 amide bonds. The number of hydrogen-bond donors (Lipinski definition) is 3. The summed E-state index contributed by atoms with van der Waals surface area (Å²) in [7, 11) is 0. The second kappa shape index (κ2) is 11.1. The van der Waals surface area contributed by atoms with E-state index in [9.17, 15) is 24.6 Å². The van der Waals surface area contributed by atoms with Crippen molar-refractivity contribution in [3.63, 3.8) is 0 Å². The summed E-state index contributed by atoms with van der Waals surface area (Å²) >= 11 is 2.24. The van der Waals surface area contributed by atoms with Crippen LogP contribution in [-0.4, -0.2) is 56.2 Å². The van der Waals surface area contributed by atoms with E-state index in [4.69, 9.17) is 4.74 Å². The van der Waals surface area contributed by atoms with Crippen LogP contribution in [0.4, 0.5) is 0 Å². The van der Waals surface area contributed by atoms with E-state index in [0.717, 1.165) is 16.7 Å². The Balaban J connectivity index is 1.98. The maximum atomic E-state index is 14.2. The Kier molecular flexibility index (Phi) is 8.35. The van der Waals surface area contributed by atoms with Crippen LogP contribution in [0.1, 0.15) is 39.7 Å². The molecule has 1 spiro atoms. The molecule has 1 fully saturated rings. The van der Waals surface area contributed by atoms with Gasteiger partial charge in [0.25, 0.3) is 0 Å². The average Bonchev–Trinajstić information content (AvgIpc) is 3.15. The summed E-state index contributed by atoms with van der Waals surface area (Å²) in [6, 6.07) is 9.55. The SMILES string of the molecule is CC(=O)OC1/C=C\C(C)(O)C(=O)C(C)C/C=C/C2C(O)C(CI)=C(C)C3C(Cc4ccccc4)NC(=O)C123. The number of alkyl halides is 1. The van der Waals surface area contributed by atoms with E-state index < -0.39 is 46.9 Å². The number of ketones is 1. The zero-order valence-corrected chi connectivity index (χ0v) is 24.3. The molecule has 0 aromatic heterocycles. The van der Waals surface area contributed by atoms with Crippen molar-refractivity contribution in [2.24, 2.45) is 23.2 Å². The predicted octanol–water partition coefficient (Wildman–Crippen LogP) is 3.48. The minimum Gasteiger partial charge on any atom is -0.457 e. The second-order valence-electron chi connectivity index (χ2n) is 11.0. The van der Waals surface area contributed by atoms with Gasteiger partial charge in [-0.25, -0.2) is 0 Å². The van der Waals surface area contributed by atoms with Crippen molar-refractivity contribution in [2.75, 3.05) is 4.43 Å². The largest absolute Gasteiger partial charge is 0.457 e. The molecular weight excluding hydrogens is 597 g/mol. The Morgan fingerprint density at radius 1 is 1.21 bits per heavy atom. The number of carbonyl (C=O) groups is 3. The molecule has 8 unspecified atom stereocenters. The third kappa shape index (κ3) is 4.91. The van der Waals surface area contributed by atoms with Gasteiger partial charge < -0.3 is 20.3 Å². The minimum absolute atomic E-state index is 0.316. The van der Waals surface area contributed by atoms with E-state index in [1.807, 2.05) is 49.4 Å². The number of amides is 1. The molecular formula is C30H36INO6. The van der Waals surface area contributed by atoms with Crippen LogP contribution in [0.5, 0.6) is 0 Å². The van der Waals surface area contributed by atoms with Crippen molar-refractivity contribution in [2.45, 2.75) is 64.4 Å². The third-order valence-electron chi connectivity index (χ3n) is 8.43. The standard InChI is InChI=1S/C30H36INO6/c1-17-9-8-12-22-26(34)21(16-31)18(2)25-23(15-20-10-6-5-7-11-20)32-28(36)30(22,25)24(38-19(3)33)13-14-29(4,37)27(17)35/h5-8,10-14,17,22-26,34,37H,9,15-16H2,1-4H3,(H,32,36)/b12-8+,14-13-. The molecule has 1 saturated heterocycles. The summed E-state index contributed by atoms with van der Waals surface area (Å²) in [5, 5.41) is 26.0. The smallest absolute Gasteiger partial charge is 0.303 e. The molecule has 0 saturated carbocycles. The number of halogens is 1. The maximum absolute atomic E-state index is 14.2. The normalized spacial score (nSPS) is 38.9. The van der Waals surface area contributed by atoms with Crippen molar-refractivity contribution in [1.29, 1.82) is 0 Å². The van der Waals surface area contributed by atoms with Crippen molar-refractivity contribution in [1.82, 2.24) is 5.32 Å². The van der Waals surface area contributed by atoms with E-state index >= 15 is 0 Å². The molecule has 1 heterocycles. The highest BCUT2D eigenvalue weighted by Gasteiger charge is 2.67. The molecule has 8 atom stereocenters. The van der Waals surface area contributed by atoms with E-state index in [2.05, 4.69) is 27.9 Å². The molecule has 8 heteroatoms. The fraction of sp³-hybridized carbons (Fsp3) is 0.500. The second-order valence-corrected chi connectivity index (χ2v) is 11.7. The summed E-state index contributed by atoms with van der Waals surface area (Å²) in [5.41, 5.74) is -0.402. The number of ether oxygens (including phenoxy) is 1. The first-order valence-corrected chi connectivity index (χ1v) is 14.6. The van der Waals surface area contributed by atoms with Crippen molar-refractivity contribution in [3.8, 4) is 0 Å². The maximum Gasteiger partial charge on any atom is 0.303 e. The fourth-order valence-electron chi connectivity index (χ4n) is 6.63. The molecule has 204 valence electrons. The molecule has 3 aliphatic rings. The highest BCUT2D eigenvalue weighted by molar-refractivity contribution is 14.1. The van der Waals surface area contributed by atoms with Gasteiger partial charge in [-0.3, -0.25) is 14.4 Å². The average molecular weight is 634 g/mol. The van der Waals surface area contributed by atoms with Crippen LogP contribution in [0, 0.1) is 23.2 Å². The summed E-state index contributed by atoms with van der Waals surface area (Å²) in [4.78, 5) is 39.7. The lowest BCUT2D eigenvalue weighted by Gasteiger charge is -2.49. The molecule has 4 rings (SSSR count). The third-order valence-corrected chi connectivity index (χ3v) is 9.25. The number of nitrogens with one attached hydrogen (secondary N) is 1. The molecule has 1 aromatic rings. The van der Waals surface area contributed by atoms with E-state index in [1.54, 1.807) is 6.92 Å². The van der Waals surface area contributed by atoms with E-state index in [1.165, 1.54) is 26.0 Å². The van der Waals surface area contributed by atoms with Gasteiger partial charge in [0.2, 0.25) is 5.91 Å². The van der Waals surface area contributed by atoms with Crippen LogP contribution in [0.2, 0.25) is 0 Å². The highest BCUT2D eigenvalue weighted by atomic mass is 127.